The van der Waals surface area contributed by atoms with Crippen molar-refractivity contribution in [1.29, 1.82) is 0 Å². The lowest BCUT2D eigenvalue weighted by atomic mass is 10.1. The van der Waals surface area contributed by atoms with Crippen LogP contribution in [0.1, 0.15) is 21.5 Å². The minimum absolute atomic E-state index is 0.0169. The number of anilines is 1. The third-order valence-corrected chi connectivity index (χ3v) is 5.17. The Morgan fingerprint density at radius 1 is 1.10 bits per heavy atom. The standard InChI is InChI=1S/C22H19NO6/c1-12-13(2)22(26)29-20-9-15(5-6-16(12)20)27-10-18(24)14-4-7-19-17(8-14)23(3)21(25)11-28-19/h4-9H,10-11H2,1-3H3. The van der Waals surface area contributed by atoms with Crippen LogP contribution in [0.4, 0.5) is 5.69 Å². The highest BCUT2D eigenvalue weighted by Gasteiger charge is 2.23. The molecule has 2 heterocycles. The maximum Gasteiger partial charge on any atom is 0.339 e. The van der Waals surface area contributed by atoms with Gasteiger partial charge in [0, 0.05) is 29.6 Å². The van der Waals surface area contributed by atoms with E-state index < -0.39 is 5.63 Å². The Morgan fingerprint density at radius 2 is 1.90 bits per heavy atom. The molecular formula is C22H19NO6. The van der Waals surface area contributed by atoms with Crippen LogP contribution in [0.3, 0.4) is 0 Å². The summed E-state index contributed by atoms with van der Waals surface area (Å²) in [5.74, 6) is 0.549. The molecule has 1 aromatic heterocycles. The molecule has 0 saturated heterocycles. The Balaban J connectivity index is 1.54. The van der Waals surface area contributed by atoms with Gasteiger partial charge < -0.3 is 18.8 Å². The number of aryl methyl sites for hydroxylation is 1. The molecule has 1 aliphatic rings. The van der Waals surface area contributed by atoms with Gasteiger partial charge in [-0.25, -0.2) is 4.79 Å². The molecule has 3 aromatic rings. The molecule has 0 N–H and O–H groups in total. The number of amides is 1. The largest absolute Gasteiger partial charge is 0.485 e. The average Bonchev–Trinajstić information content (AvgIpc) is 2.72. The van der Waals surface area contributed by atoms with Crippen LogP contribution in [-0.4, -0.2) is 32.0 Å². The van der Waals surface area contributed by atoms with E-state index in [4.69, 9.17) is 13.9 Å². The van der Waals surface area contributed by atoms with Crippen LogP contribution >= 0.6 is 0 Å². The molecular weight excluding hydrogens is 374 g/mol. The van der Waals surface area contributed by atoms with Crippen molar-refractivity contribution in [2.75, 3.05) is 25.2 Å². The van der Waals surface area contributed by atoms with Gasteiger partial charge in [-0.05, 0) is 49.7 Å². The smallest absolute Gasteiger partial charge is 0.339 e. The van der Waals surface area contributed by atoms with Crippen LogP contribution in [0.2, 0.25) is 0 Å². The van der Waals surface area contributed by atoms with E-state index in [2.05, 4.69) is 0 Å². The predicted octanol–water partition coefficient (Wildman–Crippen LogP) is 3.03. The molecule has 0 radical (unpaired) electrons. The first-order chi connectivity index (χ1) is 13.8. The highest BCUT2D eigenvalue weighted by atomic mass is 16.5. The monoisotopic (exact) mass is 393 g/mol. The molecule has 0 fully saturated rings. The molecule has 0 aliphatic carbocycles. The average molecular weight is 393 g/mol. The number of nitrogens with zero attached hydrogens (tertiary/aromatic N) is 1. The molecule has 7 nitrogen and oxygen atoms in total. The summed E-state index contributed by atoms with van der Waals surface area (Å²) in [6.07, 6.45) is 0. The van der Waals surface area contributed by atoms with Gasteiger partial charge >= 0.3 is 5.63 Å². The fraction of sp³-hybridized carbons (Fsp3) is 0.227. The minimum atomic E-state index is -0.391. The van der Waals surface area contributed by atoms with E-state index in [1.54, 1.807) is 50.4 Å². The number of hydrogen-bond acceptors (Lipinski definition) is 6. The lowest BCUT2D eigenvalue weighted by Gasteiger charge is -2.26. The summed E-state index contributed by atoms with van der Waals surface area (Å²) in [6, 6.07) is 10.1. The SMILES string of the molecule is Cc1c(C)c2ccc(OCC(=O)c3ccc4c(c3)N(C)C(=O)CO4)cc2oc1=O. The van der Waals surface area contributed by atoms with Gasteiger partial charge in [0.1, 0.15) is 17.1 Å². The minimum Gasteiger partial charge on any atom is -0.485 e. The van der Waals surface area contributed by atoms with E-state index in [0.29, 0.717) is 33.9 Å². The molecule has 7 heteroatoms. The molecule has 0 spiro atoms. The number of carbonyl (C=O) groups is 2. The lowest BCUT2D eigenvalue weighted by Crippen LogP contribution is -2.35. The number of fused-ring (bicyclic) bond motifs is 2. The molecule has 1 amide bonds. The fourth-order valence-corrected chi connectivity index (χ4v) is 3.20. The quantitative estimate of drug-likeness (QED) is 0.500. The van der Waals surface area contributed by atoms with Crippen molar-refractivity contribution in [3.05, 3.63) is 63.5 Å². The van der Waals surface area contributed by atoms with Crippen molar-refractivity contribution in [3.63, 3.8) is 0 Å². The Kier molecular flexibility index (Phi) is 4.58. The van der Waals surface area contributed by atoms with E-state index in [1.165, 1.54) is 4.90 Å². The molecule has 0 unspecified atom stereocenters. The number of carbonyl (C=O) groups excluding carboxylic acids is 2. The zero-order valence-corrected chi connectivity index (χ0v) is 16.3. The summed E-state index contributed by atoms with van der Waals surface area (Å²) in [6.45, 7) is 3.37. The maximum atomic E-state index is 12.6. The highest BCUT2D eigenvalue weighted by molar-refractivity contribution is 6.02. The predicted molar refractivity (Wildman–Crippen MR) is 107 cm³/mol. The number of ether oxygens (including phenoxy) is 2. The van der Waals surface area contributed by atoms with Gasteiger partial charge in [0.05, 0.1) is 5.69 Å². The Labute approximate surface area is 166 Å². The van der Waals surface area contributed by atoms with E-state index in [0.717, 1.165) is 10.9 Å². The van der Waals surface area contributed by atoms with Gasteiger partial charge in [-0.15, -0.1) is 0 Å². The number of hydrogen-bond donors (Lipinski definition) is 0. The van der Waals surface area contributed by atoms with Crippen molar-refractivity contribution >= 4 is 28.3 Å². The van der Waals surface area contributed by atoms with Gasteiger partial charge in [0.25, 0.3) is 5.91 Å². The number of benzene rings is 2. The topological polar surface area (TPSA) is 86.1 Å². The Hall–Kier alpha value is -3.61. The van der Waals surface area contributed by atoms with Crippen molar-refractivity contribution in [2.24, 2.45) is 0 Å². The zero-order valence-electron chi connectivity index (χ0n) is 16.3. The highest BCUT2D eigenvalue weighted by Crippen LogP contribution is 2.32. The van der Waals surface area contributed by atoms with Crippen molar-refractivity contribution in [3.8, 4) is 11.5 Å². The van der Waals surface area contributed by atoms with E-state index in [9.17, 15) is 14.4 Å². The maximum absolute atomic E-state index is 12.6. The second kappa shape index (κ2) is 7.09. The van der Waals surface area contributed by atoms with Crippen LogP contribution in [0.15, 0.2) is 45.6 Å². The van der Waals surface area contributed by atoms with E-state index >= 15 is 0 Å². The van der Waals surface area contributed by atoms with Crippen molar-refractivity contribution in [1.82, 2.24) is 0 Å². The van der Waals surface area contributed by atoms with Gasteiger partial charge in [0.2, 0.25) is 0 Å². The van der Waals surface area contributed by atoms with Gasteiger partial charge in [0.15, 0.2) is 19.0 Å². The molecule has 0 bridgehead atoms. The second-order valence-electron chi connectivity index (χ2n) is 6.93. The molecule has 0 saturated carbocycles. The van der Waals surface area contributed by atoms with Crippen LogP contribution < -0.4 is 20.0 Å². The molecule has 4 rings (SSSR count). The van der Waals surface area contributed by atoms with Crippen molar-refractivity contribution in [2.45, 2.75) is 13.8 Å². The first kappa shape index (κ1) is 18.7. The normalized spacial score (nSPS) is 13.2. The Morgan fingerprint density at radius 3 is 2.69 bits per heavy atom. The van der Waals surface area contributed by atoms with Gasteiger partial charge in [-0.3, -0.25) is 9.59 Å². The van der Waals surface area contributed by atoms with E-state index in [-0.39, 0.29) is 24.9 Å². The zero-order chi connectivity index (χ0) is 20.7. The summed E-state index contributed by atoms with van der Waals surface area (Å²) in [5.41, 5.74) is 2.40. The number of ketones is 1. The lowest BCUT2D eigenvalue weighted by molar-refractivity contribution is -0.120. The second-order valence-corrected chi connectivity index (χ2v) is 6.93. The van der Waals surface area contributed by atoms with Crippen LogP contribution in [-0.2, 0) is 4.79 Å². The van der Waals surface area contributed by atoms with Crippen molar-refractivity contribution < 1.29 is 23.5 Å². The first-order valence-electron chi connectivity index (χ1n) is 9.08. The molecule has 2 aromatic carbocycles. The molecule has 148 valence electrons. The number of rotatable bonds is 4. The third-order valence-electron chi connectivity index (χ3n) is 5.17. The summed E-state index contributed by atoms with van der Waals surface area (Å²) < 4.78 is 16.3. The summed E-state index contributed by atoms with van der Waals surface area (Å²) in [5, 5.41) is 0.822. The van der Waals surface area contributed by atoms with E-state index in [1.807, 2.05) is 6.92 Å². The molecule has 29 heavy (non-hydrogen) atoms. The Bertz CT molecular complexity index is 1210. The summed E-state index contributed by atoms with van der Waals surface area (Å²) >= 11 is 0. The van der Waals surface area contributed by atoms with Crippen LogP contribution in [0.5, 0.6) is 11.5 Å². The number of likely N-dealkylation sites (N-methyl/N-ethyl adjacent to an activating group) is 1. The first-order valence-corrected chi connectivity index (χ1v) is 9.08. The summed E-state index contributed by atoms with van der Waals surface area (Å²) in [4.78, 5) is 37.7. The van der Waals surface area contributed by atoms with Crippen LogP contribution in [0, 0.1) is 13.8 Å². The molecule has 0 atom stereocenters. The van der Waals surface area contributed by atoms with Gasteiger partial charge in [-0.2, -0.15) is 0 Å². The fourth-order valence-electron chi connectivity index (χ4n) is 3.20. The molecule has 1 aliphatic heterocycles. The third kappa shape index (κ3) is 3.35. The van der Waals surface area contributed by atoms with Crippen LogP contribution in [0.25, 0.3) is 11.0 Å². The van der Waals surface area contributed by atoms with Gasteiger partial charge in [-0.1, -0.05) is 0 Å². The summed E-state index contributed by atoms with van der Waals surface area (Å²) in [7, 11) is 1.64. The number of Topliss-reactive ketones (excluding diaryl/α,β-unsaturated/α-hetero) is 1.